The van der Waals surface area contributed by atoms with Crippen molar-refractivity contribution in [1.82, 2.24) is 10.2 Å². The quantitative estimate of drug-likeness (QED) is 0.885. The second kappa shape index (κ2) is 5.84. The minimum Gasteiger partial charge on any atom is -0.461 e. The van der Waals surface area contributed by atoms with Crippen LogP contribution < -0.4 is 0 Å². The van der Waals surface area contributed by atoms with Gasteiger partial charge in [-0.2, -0.15) is 5.10 Å². The number of rotatable bonds is 3. The maximum absolute atomic E-state index is 13.9. The van der Waals surface area contributed by atoms with Crippen LogP contribution in [0, 0.1) is 11.6 Å². The van der Waals surface area contributed by atoms with Crippen LogP contribution in [-0.2, 0) is 22.5 Å². The molecule has 116 valence electrons. The standard InChI is InChI=1S/C15H14F2N2O3/c1-2-21-15(20)14-10-6-13(22-7-12(10)18-19-14)9-4-3-8(16)5-11(9)17/h3-5,13H,2,6-7H2,1H3,(H,18,19). The van der Waals surface area contributed by atoms with E-state index in [4.69, 9.17) is 9.47 Å². The molecule has 1 atom stereocenters. The molecule has 1 aromatic heterocycles. The smallest absolute Gasteiger partial charge is 0.359 e. The zero-order chi connectivity index (χ0) is 15.7. The highest BCUT2D eigenvalue weighted by atomic mass is 19.1. The number of nitrogens with zero attached hydrogens (tertiary/aromatic N) is 1. The summed E-state index contributed by atoms with van der Waals surface area (Å²) in [5.74, 6) is -1.84. The molecule has 2 heterocycles. The second-order valence-corrected chi connectivity index (χ2v) is 4.92. The monoisotopic (exact) mass is 308 g/mol. The molecule has 0 saturated carbocycles. The third kappa shape index (κ3) is 2.59. The van der Waals surface area contributed by atoms with Gasteiger partial charge < -0.3 is 9.47 Å². The van der Waals surface area contributed by atoms with Crippen molar-refractivity contribution in [2.45, 2.75) is 26.1 Å². The molecule has 1 N–H and O–H groups in total. The van der Waals surface area contributed by atoms with Crippen molar-refractivity contribution in [3.05, 3.63) is 52.3 Å². The molecule has 1 aromatic carbocycles. The van der Waals surface area contributed by atoms with Gasteiger partial charge in [-0.1, -0.05) is 6.07 Å². The second-order valence-electron chi connectivity index (χ2n) is 4.92. The van der Waals surface area contributed by atoms with Crippen molar-refractivity contribution in [3.63, 3.8) is 0 Å². The van der Waals surface area contributed by atoms with Gasteiger partial charge in [-0.3, -0.25) is 5.10 Å². The molecule has 7 heteroatoms. The molecule has 0 spiro atoms. The van der Waals surface area contributed by atoms with E-state index in [9.17, 15) is 13.6 Å². The van der Waals surface area contributed by atoms with Gasteiger partial charge in [0, 0.05) is 23.6 Å². The summed E-state index contributed by atoms with van der Waals surface area (Å²) in [4.78, 5) is 11.9. The number of aromatic amines is 1. The van der Waals surface area contributed by atoms with E-state index in [1.165, 1.54) is 12.1 Å². The van der Waals surface area contributed by atoms with Crippen molar-refractivity contribution in [2.75, 3.05) is 6.61 Å². The Morgan fingerprint density at radius 1 is 1.50 bits per heavy atom. The minimum atomic E-state index is -0.672. The third-order valence-corrected chi connectivity index (χ3v) is 3.55. The lowest BCUT2D eigenvalue weighted by Gasteiger charge is -2.23. The lowest BCUT2D eigenvalue weighted by atomic mass is 9.97. The summed E-state index contributed by atoms with van der Waals surface area (Å²) in [7, 11) is 0. The summed E-state index contributed by atoms with van der Waals surface area (Å²) in [6, 6.07) is 3.35. The summed E-state index contributed by atoms with van der Waals surface area (Å²) in [6.07, 6.45) is -0.332. The van der Waals surface area contributed by atoms with Crippen LogP contribution in [0.15, 0.2) is 18.2 Å². The fourth-order valence-electron chi connectivity index (χ4n) is 2.50. The number of aromatic nitrogens is 2. The van der Waals surface area contributed by atoms with Gasteiger partial charge in [0.05, 0.1) is 25.0 Å². The Morgan fingerprint density at radius 3 is 3.05 bits per heavy atom. The number of fused-ring (bicyclic) bond motifs is 1. The van der Waals surface area contributed by atoms with Crippen molar-refractivity contribution >= 4 is 5.97 Å². The van der Waals surface area contributed by atoms with E-state index in [-0.39, 0.29) is 30.9 Å². The molecule has 22 heavy (non-hydrogen) atoms. The van der Waals surface area contributed by atoms with Crippen LogP contribution in [0.3, 0.4) is 0 Å². The maximum atomic E-state index is 13.9. The lowest BCUT2D eigenvalue weighted by Crippen LogP contribution is -2.18. The number of hydrogen-bond acceptors (Lipinski definition) is 4. The first-order chi connectivity index (χ1) is 10.6. The summed E-state index contributed by atoms with van der Waals surface area (Å²) in [6.45, 7) is 2.12. The van der Waals surface area contributed by atoms with Gasteiger partial charge >= 0.3 is 5.97 Å². The summed E-state index contributed by atoms with van der Waals surface area (Å²) in [5.41, 5.74) is 1.76. The molecule has 1 aliphatic heterocycles. The van der Waals surface area contributed by atoms with Crippen LogP contribution in [0.1, 0.15) is 40.3 Å². The maximum Gasteiger partial charge on any atom is 0.359 e. The molecule has 2 aromatic rings. The molecule has 5 nitrogen and oxygen atoms in total. The largest absolute Gasteiger partial charge is 0.461 e. The number of ether oxygens (including phenoxy) is 2. The Kier molecular flexibility index (Phi) is 3.89. The molecule has 1 aliphatic rings. The van der Waals surface area contributed by atoms with Crippen LogP contribution in [-0.4, -0.2) is 22.8 Å². The first-order valence-electron chi connectivity index (χ1n) is 6.90. The Balaban J connectivity index is 1.89. The van der Waals surface area contributed by atoms with Crippen LogP contribution in [0.2, 0.25) is 0 Å². The van der Waals surface area contributed by atoms with Crippen molar-refractivity contribution in [2.24, 2.45) is 0 Å². The highest BCUT2D eigenvalue weighted by Crippen LogP contribution is 2.32. The van der Waals surface area contributed by atoms with Crippen LogP contribution in [0.5, 0.6) is 0 Å². The van der Waals surface area contributed by atoms with Gasteiger partial charge in [-0.05, 0) is 13.0 Å². The topological polar surface area (TPSA) is 64.2 Å². The first kappa shape index (κ1) is 14.6. The van der Waals surface area contributed by atoms with Gasteiger partial charge in [-0.15, -0.1) is 0 Å². The van der Waals surface area contributed by atoms with Gasteiger partial charge in [0.2, 0.25) is 0 Å². The Hall–Kier alpha value is -2.28. The summed E-state index contributed by atoms with van der Waals surface area (Å²) >= 11 is 0. The molecule has 0 radical (unpaired) electrons. The molecular weight excluding hydrogens is 294 g/mol. The number of carbonyl (C=O) groups excluding carboxylic acids is 1. The van der Waals surface area contributed by atoms with Crippen molar-refractivity contribution < 1.29 is 23.0 Å². The number of nitrogens with one attached hydrogen (secondary N) is 1. The summed E-state index contributed by atoms with van der Waals surface area (Å²) < 4.78 is 37.4. The predicted molar refractivity (Wildman–Crippen MR) is 72.1 cm³/mol. The molecule has 0 bridgehead atoms. The van der Waals surface area contributed by atoms with E-state index in [2.05, 4.69) is 10.2 Å². The van der Waals surface area contributed by atoms with E-state index in [1.807, 2.05) is 0 Å². The number of halogens is 2. The van der Waals surface area contributed by atoms with E-state index >= 15 is 0 Å². The highest BCUT2D eigenvalue weighted by Gasteiger charge is 2.30. The summed E-state index contributed by atoms with van der Waals surface area (Å²) in [5, 5.41) is 6.68. The van der Waals surface area contributed by atoms with Gasteiger partial charge in [-0.25, -0.2) is 13.6 Å². The average molecular weight is 308 g/mol. The van der Waals surface area contributed by atoms with E-state index in [0.717, 1.165) is 6.07 Å². The average Bonchev–Trinajstić information content (AvgIpc) is 2.90. The number of benzene rings is 1. The first-order valence-corrected chi connectivity index (χ1v) is 6.90. The Labute approximate surface area is 125 Å². The normalized spacial score (nSPS) is 17.1. The molecular formula is C15H14F2N2O3. The lowest BCUT2D eigenvalue weighted by molar-refractivity contribution is 0.0228. The number of hydrogen-bond donors (Lipinski definition) is 1. The molecule has 0 fully saturated rings. The van der Waals surface area contributed by atoms with E-state index < -0.39 is 23.7 Å². The Morgan fingerprint density at radius 2 is 2.32 bits per heavy atom. The molecule has 0 aliphatic carbocycles. The highest BCUT2D eigenvalue weighted by molar-refractivity contribution is 5.89. The minimum absolute atomic E-state index is 0.170. The molecule has 0 amide bonds. The van der Waals surface area contributed by atoms with E-state index in [0.29, 0.717) is 11.3 Å². The van der Waals surface area contributed by atoms with Gasteiger partial charge in [0.15, 0.2) is 5.69 Å². The van der Waals surface area contributed by atoms with Crippen LogP contribution >= 0.6 is 0 Å². The zero-order valence-electron chi connectivity index (χ0n) is 11.9. The van der Waals surface area contributed by atoms with Crippen LogP contribution in [0.25, 0.3) is 0 Å². The third-order valence-electron chi connectivity index (χ3n) is 3.55. The fraction of sp³-hybridized carbons (Fsp3) is 0.333. The molecule has 0 saturated heterocycles. The SMILES string of the molecule is CCOC(=O)c1n[nH]c2c1CC(c1ccc(F)cc1F)OC2. The predicted octanol–water partition coefficient (Wildman–Crippen LogP) is 2.68. The van der Waals surface area contributed by atoms with Crippen molar-refractivity contribution in [1.29, 1.82) is 0 Å². The number of esters is 1. The van der Waals surface area contributed by atoms with Crippen molar-refractivity contribution in [3.8, 4) is 0 Å². The number of carbonyl (C=O) groups is 1. The van der Waals surface area contributed by atoms with Crippen LogP contribution in [0.4, 0.5) is 8.78 Å². The fourth-order valence-corrected chi connectivity index (χ4v) is 2.50. The number of H-pyrrole nitrogens is 1. The van der Waals surface area contributed by atoms with Gasteiger partial charge in [0.1, 0.15) is 11.6 Å². The molecule has 1 unspecified atom stereocenters. The van der Waals surface area contributed by atoms with Gasteiger partial charge in [0.25, 0.3) is 0 Å². The van der Waals surface area contributed by atoms with E-state index in [1.54, 1.807) is 6.92 Å². The zero-order valence-corrected chi connectivity index (χ0v) is 11.9. The molecule has 3 rings (SSSR count). The Bertz CT molecular complexity index is 715.